The van der Waals surface area contributed by atoms with E-state index >= 15 is 0 Å². The summed E-state index contributed by atoms with van der Waals surface area (Å²) in [4.78, 5) is 17.6. The summed E-state index contributed by atoms with van der Waals surface area (Å²) in [7, 11) is 1.72. The first-order valence-corrected chi connectivity index (χ1v) is 6.81. The fourth-order valence-electron chi connectivity index (χ4n) is 1.63. The van der Waals surface area contributed by atoms with E-state index in [9.17, 15) is 4.79 Å². The average Bonchev–Trinajstić information content (AvgIpc) is 2.34. The predicted molar refractivity (Wildman–Crippen MR) is 79.4 cm³/mol. The molecule has 1 aromatic rings. The van der Waals surface area contributed by atoms with E-state index in [4.69, 9.17) is 10.5 Å². The van der Waals surface area contributed by atoms with Gasteiger partial charge in [-0.2, -0.15) is 0 Å². The number of aromatic nitrogens is 1. The molecule has 2 N–H and O–H groups in total. The Hall–Kier alpha value is -1.62. The molecule has 1 atom stereocenters. The van der Waals surface area contributed by atoms with Gasteiger partial charge in [0.15, 0.2) is 0 Å². The van der Waals surface area contributed by atoms with E-state index in [0.717, 1.165) is 11.3 Å². The molecule has 0 bridgehead atoms. The first-order chi connectivity index (χ1) is 9.19. The molecule has 1 amide bonds. The lowest BCUT2D eigenvalue weighted by atomic mass is 10.1. The van der Waals surface area contributed by atoms with Crippen LogP contribution in [0.25, 0.3) is 0 Å². The van der Waals surface area contributed by atoms with Crippen molar-refractivity contribution < 1.29 is 9.53 Å². The number of nitrogens with zero attached hydrogens (tertiary/aromatic N) is 2. The average molecular weight is 279 g/mol. The van der Waals surface area contributed by atoms with E-state index in [-0.39, 0.29) is 12.1 Å². The summed E-state index contributed by atoms with van der Waals surface area (Å²) >= 11 is 0. The Morgan fingerprint density at radius 2 is 2.10 bits per heavy atom. The Kier molecular flexibility index (Phi) is 5.51. The second kappa shape index (κ2) is 6.70. The summed E-state index contributed by atoms with van der Waals surface area (Å²) in [5.41, 5.74) is 7.57. The van der Waals surface area contributed by atoms with Gasteiger partial charge in [0.25, 0.3) is 0 Å². The van der Waals surface area contributed by atoms with Crippen LogP contribution in [0.15, 0.2) is 18.3 Å². The van der Waals surface area contributed by atoms with Crippen LogP contribution in [-0.2, 0) is 4.74 Å². The van der Waals surface area contributed by atoms with E-state index in [1.165, 1.54) is 0 Å². The van der Waals surface area contributed by atoms with Crippen LogP contribution in [0, 0.1) is 6.92 Å². The van der Waals surface area contributed by atoms with Crippen LogP contribution in [0.5, 0.6) is 0 Å². The molecule has 1 aromatic heterocycles. The second-order valence-electron chi connectivity index (χ2n) is 6.03. The molecule has 1 heterocycles. The largest absolute Gasteiger partial charge is 0.444 e. The van der Waals surface area contributed by atoms with Gasteiger partial charge in [-0.3, -0.25) is 4.98 Å². The normalized spacial score (nSPS) is 12.9. The van der Waals surface area contributed by atoms with Crippen molar-refractivity contribution in [1.29, 1.82) is 0 Å². The molecule has 5 nitrogen and oxygen atoms in total. The highest BCUT2D eigenvalue weighted by atomic mass is 16.6. The van der Waals surface area contributed by atoms with Crippen LogP contribution < -0.4 is 5.73 Å². The molecule has 0 aliphatic rings. The van der Waals surface area contributed by atoms with Crippen molar-refractivity contribution in [2.75, 3.05) is 13.6 Å². The minimum absolute atomic E-state index is 0.131. The molecule has 0 saturated carbocycles. The molecule has 0 spiro atoms. The summed E-state index contributed by atoms with van der Waals surface area (Å²) in [6.07, 6.45) is 2.13. The first kappa shape index (κ1) is 16.4. The number of carbonyl (C=O) groups excluding carboxylic acids is 1. The standard InChI is InChI=1S/C15H25N3O2/c1-11-6-7-12(10-17-11)13(16)8-9-18(5)14(19)20-15(2,3)4/h6-7,10,13H,8-9,16H2,1-5H3. The molecule has 0 fully saturated rings. The third-order valence-corrected chi connectivity index (χ3v) is 2.84. The SMILES string of the molecule is Cc1ccc(C(N)CCN(C)C(=O)OC(C)(C)C)cn1. The van der Waals surface area contributed by atoms with Gasteiger partial charge in [-0.05, 0) is 45.7 Å². The molecule has 5 heteroatoms. The van der Waals surface area contributed by atoms with Crippen molar-refractivity contribution >= 4 is 6.09 Å². The van der Waals surface area contributed by atoms with Crippen LogP contribution in [-0.4, -0.2) is 35.2 Å². The molecule has 0 saturated heterocycles. The zero-order valence-corrected chi connectivity index (χ0v) is 13.0. The fraction of sp³-hybridized carbons (Fsp3) is 0.600. The Balaban J connectivity index is 2.46. The highest BCUT2D eigenvalue weighted by Crippen LogP contribution is 2.15. The maximum atomic E-state index is 11.8. The van der Waals surface area contributed by atoms with E-state index in [1.54, 1.807) is 18.1 Å². The smallest absolute Gasteiger partial charge is 0.410 e. The summed E-state index contributed by atoms with van der Waals surface area (Å²) in [6.45, 7) is 8.03. The van der Waals surface area contributed by atoms with Gasteiger partial charge >= 0.3 is 6.09 Å². The molecule has 112 valence electrons. The lowest BCUT2D eigenvalue weighted by Crippen LogP contribution is -2.35. The van der Waals surface area contributed by atoms with Gasteiger partial charge in [0.05, 0.1) is 0 Å². The minimum Gasteiger partial charge on any atom is -0.444 e. The minimum atomic E-state index is -0.478. The summed E-state index contributed by atoms with van der Waals surface area (Å²) in [5.74, 6) is 0. The fourth-order valence-corrected chi connectivity index (χ4v) is 1.63. The Morgan fingerprint density at radius 1 is 1.45 bits per heavy atom. The number of hydrogen-bond donors (Lipinski definition) is 1. The van der Waals surface area contributed by atoms with Crippen molar-refractivity contribution in [1.82, 2.24) is 9.88 Å². The number of pyridine rings is 1. The molecule has 0 radical (unpaired) electrons. The molecule has 0 aliphatic heterocycles. The zero-order valence-electron chi connectivity index (χ0n) is 13.0. The number of aryl methyl sites for hydroxylation is 1. The van der Waals surface area contributed by atoms with Crippen molar-refractivity contribution in [2.24, 2.45) is 5.73 Å². The van der Waals surface area contributed by atoms with Crippen molar-refractivity contribution in [2.45, 2.75) is 45.8 Å². The Labute approximate surface area is 121 Å². The zero-order chi connectivity index (χ0) is 15.3. The molecule has 0 aliphatic carbocycles. The van der Waals surface area contributed by atoms with Crippen molar-refractivity contribution in [3.63, 3.8) is 0 Å². The van der Waals surface area contributed by atoms with E-state index in [1.807, 2.05) is 39.8 Å². The lowest BCUT2D eigenvalue weighted by molar-refractivity contribution is 0.0294. The van der Waals surface area contributed by atoms with Gasteiger partial charge in [-0.25, -0.2) is 4.79 Å². The van der Waals surface area contributed by atoms with Crippen molar-refractivity contribution in [3.8, 4) is 0 Å². The molecular weight excluding hydrogens is 254 g/mol. The monoisotopic (exact) mass is 279 g/mol. The molecule has 0 aromatic carbocycles. The topological polar surface area (TPSA) is 68.5 Å². The van der Waals surface area contributed by atoms with Gasteiger partial charge in [0, 0.05) is 31.5 Å². The molecular formula is C15H25N3O2. The number of ether oxygens (including phenoxy) is 1. The van der Waals surface area contributed by atoms with Crippen LogP contribution in [0.1, 0.15) is 44.5 Å². The van der Waals surface area contributed by atoms with Crippen LogP contribution >= 0.6 is 0 Å². The number of carbonyl (C=O) groups is 1. The molecule has 1 rings (SSSR count). The van der Waals surface area contributed by atoms with Crippen LogP contribution in [0.2, 0.25) is 0 Å². The third kappa shape index (κ3) is 5.57. The second-order valence-corrected chi connectivity index (χ2v) is 6.03. The third-order valence-electron chi connectivity index (χ3n) is 2.84. The maximum absolute atomic E-state index is 11.8. The van der Waals surface area contributed by atoms with Gasteiger partial charge in [0.2, 0.25) is 0 Å². The first-order valence-electron chi connectivity index (χ1n) is 6.81. The highest BCUT2D eigenvalue weighted by molar-refractivity contribution is 5.67. The van der Waals surface area contributed by atoms with E-state index in [2.05, 4.69) is 4.98 Å². The summed E-state index contributed by atoms with van der Waals surface area (Å²) < 4.78 is 5.29. The Morgan fingerprint density at radius 3 is 2.60 bits per heavy atom. The highest BCUT2D eigenvalue weighted by Gasteiger charge is 2.20. The summed E-state index contributed by atoms with van der Waals surface area (Å²) in [5, 5.41) is 0. The van der Waals surface area contributed by atoms with Gasteiger partial charge in [-0.15, -0.1) is 0 Å². The predicted octanol–water partition coefficient (Wildman–Crippen LogP) is 2.65. The summed E-state index contributed by atoms with van der Waals surface area (Å²) in [6, 6.07) is 3.78. The number of rotatable bonds is 4. The van der Waals surface area contributed by atoms with Gasteiger partial charge < -0.3 is 15.4 Å². The number of amides is 1. The number of nitrogens with two attached hydrogens (primary N) is 1. The Bertz CT molecular complexity index is 437. The molecule has 20 heavy (non-hydrogen) atoms. The van der Waals surface area contributed by atoms with E-state index < -0.39 is 5.60 Å². The van der Waals surface area contributed by atoms with E-state index in [0.29, 0.717) is 13.0 Å². The van der Waals surface area contributed by atoms with Gasteiger partial charge in [0.1, 0.15) is 5.60 Å². The lowest BCUT2D eigenvalue weighted by Gasteiger charge is -2.25. The maximum Gasteiger partial charge on any atom is 0.410 e. The number of hydrogen-bond acceptors (Lipinski definition) is 4. The van der Waals surface area contributed by atoms with Gasteiger partial charge in [-0.1, -0.05) is 6.07 Å². The van der Waals surface area contributed by atoms with Crippen molar-refractivity contribution in [3.05, 3.63) is 29.6 Å². The van der Waals surface area contributed by atoms with Crippen LogP contribution in [0.4, 0.5) is 4.79 Å². The quantitative estimate of drug-likeness (QED) is 0.920. The van der Waals surface area contributed by atoms with Crippen LogP contribution in [0.3, 0.4) is 0 Å². The molecule has 1 unspecified atom stereocenters.